The molecule has 1 aromatic heterocycles. The SMILES string of the molecule is CCCC(N)c1nc(O)cc(=O)[nH]1. The van der Waals surface area contributed by atoms with E-state index in [1.807, 2.05) is 6.92 Å². The van der Waals surface area contributed by atoms with Crippen molar-refractivity contribution in [2.75, 3.05) is 0 Å². The number of hydrogen-bond donors (Lipinski definition) is 3. The van der Waals surface area contributed by atoms with Crippen molar-refractivity contribution >= 4 is 0 Å². The molecule has 5 nitrogen and oxygen atoms in total. The van der Waals surface area contributed by atoms with Crippen LogP contribution in [0, 0.1) is 0 Å². The Morgan fingerprint density at radius 2 is 2.46 bits per heavy atom. The minimum atomic E-state index is -0.381. The number of aromatic amines is 1. The van der Waals surface area contributed by atoms with Crippen molar-refractivity contribution in [2.45, 2.75) is 25.8 Å². The molecule has 0 saturated carbocycles. The highest BCUT2D eigenvalue weighted by Crippen LogP contribution is 2.11. The van der Waals surface area contributed by atoms with E-state index in [0.717, 1.165) is 18.9 Å². The molecule has 5 heteroatoms. The van der Waals surface area contributed by atoms with Crippen molar-refractivity contribution in [1.29, 1.82) is 0 Å². The number of nitrogens with one attached hydrogen (secondary N) is 1. The van der Waals surface area contributed by atoms with Gasteiger partial charge in [0.25, 0.3) is 5.56 Å². The average Bonchev–Trinajstić information content (AvgIpc) is 2.03. The van der Waals surface area contributed by atoms with Crippen molar-refractivity contribution < 1.29 is 5.11 Å². The van der Waals surface area contributed by atoms with Gasteiger partial charge in [0.1, 0.15) is 5.82 Å². The zero-order valence-corrected chi connectivity index (χ0v) is 7.45. The molecule has 1 atom stereocenters. The topological polar surface area (TPSA) is 92.0 Å². The highest BCUT2D eigenvalue weighted by atomic mass is 16.3. The van der Waals surface area contributed by atoms with Gasteiger partial charge in [-0.25, -0.2) is 0 Å². The van der Waals surface area contributed by atoms with Crippen LogP contribution in [0.5, 0.6) is 5.88 Å². The maximum absolute atomic E-state index is 10.9. The molecule has 1 aromatic rings. The molecule has 0 saturated heterocycles. The molecule has 0 aliphatic carbocycles. The number of nitrogens with zero attached hydrogens (tertiary/aromatic N) is 1. The average molecular weight is 183 g/mol. The van der Waals surface area contributed by atoms with E-state index in [-0.39, 0.29) is 17.5 Å². The first-order valence-electron chi connectivity index (χ1n) is 4.19. The number of rotatable bonds is 3. The third-order valence-electron chi connectivity index (χ3n) is 1.70. The van der Waals surface area contributed by atoms with Crippen molar-refractivity contribution in [3.05, 3.63) is 22.2 Å². The molecule has 1 rings (SSSR count). The van der Waals surface area contributed by atoms with Gasteiger partial charge in [-0.2, -0.15) is 4.98 Å². The second kappa shape index (κ2) is 4.04. The van der Waals surface area contributed by atoms with Crippen LogP contribution in [-0.4, -0.2) is 15.1 Å². The zero-order chi connectivity index (χ0) is 9.84. The first-order valence-corrected chi connectivity index (χ1v) is 4.19. The highest BCUT2D eigenvalue weighted by molar-refractivity contribution is 5.08. The Labute approximate surface area is 75.6 Å². The standard InChI is InChI=1S/C8H13N3O2/c1-2-3-5(9)8-10-6(12)4-7(13)11-8/h4-5H,2-3,9H2,1H3,(H2,10,11,12,13). The maximum Gasteiger partial charge on any atom is 0.254 e. The van der Waals surface area contributed by atoms with Crippen molar-refractivity contribution in [3.8, 4) is 5.88 Å². The lowest BCUT2D eigenvalue weighted by Gasteiger charge is -2.08. The van der Waals surface area contributed by atoms with Crippen LogP contribution in [0.2, 0.25) is 0 Å². The summed E-state index contributed by atoms with van der Waals surface area (Å²) in [4.78, 5) is 17.1. The summed E-state index contributed by atoms with van der Waals surface area (Å²) in [5, 5.41) is 9.02. The first-order chi connectivity index (χ1) is 6.13. The predicted molar refractivity (Wildman–Crippen MR) is 48.4 cm³/mol. The molecule has 0 amide bonds. The van der Waals surface area contributed by atoms with Gasteiger partial charge in [-0.3, -0.25) is 4.79 Å². The summed E-state index contributed by atoms with van der Waals surface area (Å²) in [6, 6.07) is 0.701. The fourth-order valence-corrected chi connectivity index (χ4v) is 1.09. The Hall–Kier alpha value is -1.36. The van der Waals surface area contributed by atoms with Gasteiger partial charge in [0.2, 0.25) is 5.88 Å². The van der Waals surface area contributed by atoms with Crippen LogP contribution in [0.15, 0.2) is 10.9 Å². The van der Waals surface area contributed by atoms with Gasteiger partial charge in [-0.1, -0.05) is 13.3 Å². The number of aromatic nitrogens is 2. The molecule has 0 bridgehead atoms. The minimum Gasteiger partial charge on any atom is -0.493 e. The minimum absolute atomic E-state index is 0.287. The first kappa shape index (κ1) is 9.73. The molecule has 0 aliphatic heterocycles. The third-order valence-corrected chi connectivity index (χ3v) is 1.70. The van der Waals surface area contributed by atoms with Crippen molar-refractivity contribution in [1.82, 2.24) is 9.97 Å². The Morgan fingerprint density at radius 3 is 3.00 bits per heavy atom. The fourth-order valence-electron chi connectivity index (χ4n) is 1.09. The van der Waals surface area contributed by atoms with Gasteiger partial charge in [0.05, 0.1) is 12.1 Å². The number of hydrogen-bond acceptors (Lipinski definition) is 4. The summed E-state index contributed by atoms with van der Waals surface area (Å²) in [6.45, 7) is 1.99. The van der Waals surface area contributed by atoms with Gasteiger partial charge in [-0.05, 0) is 6.42 Å². The second-order valence-electron chi connectivity index (χ2n) is 2.88. The van der Waals surface area contributed by atoms with E-state index < -0.39 is 0 Å². The van der Waals surface area contributed by atoms with Crippen LogP contribution in [0.4, 0.5) is 0 Å². The maximum atomic E-state index is 10.9. The molecule has 1 heterocycles. The Morgan fingerprint density at radius 1 is 1.77 bits per heavy atom. The summed E-state index contributed by atoms with van der Waals surface area (Å²) in [6.07, 6.45) is 1.63. The lowest BCUT2D eigenvalue weighted by Crippen LogP contribution is -2.18. The van der Waals surface area contributed by atoms with Gasteiger partial charge >= 0.3 is 0 Å². The van der Waals surface area contributed by atoms with Crippen LogP contribution in [0.3, 0.4) is 0 Å². The lowest BCUT2D eigenvalue weighted by molar-refractivity contribution is 0.442. The van der Waals surface area contributed by atoms with Crippen LogP contribution < -0.4 is 11.3 Å². The van der Waals surface area contributed by atoms with Gasteiger partial charge in [0.15, 0.2) is 0 Å². The summed E-state index contributed by atoms with van der Waals surface area (Å²) < 4.78 is 0. The third kappa shape index (κ3) is 2.55. The Balaban J connectivity index is 2.94. The molecule has 72 valence electrons. The van der Waals surface area contributed by atoms with E-state index in [1.165, 1.54) is 0 Å². The van der Waals surface area contributed by atoms with Gasteiger partial charge < -0.3 is 15.8 Å². The van der Waals surface area contributed by atoms with Crippen LogP contribution >= 0.6 is 0 Å². The molecule has 0 aliphatic rings. The van der Waals surface area contributed by atoms with Crippen LogP contribution in [0.25, 0.3) is 0 Å². The monoisotopic (exact) mass is 183 g/mol. The smallest absolute Gasteiger partial charge is 0.254 e. The summed E-state index contributed by atoms with van der Waals surface area (Å²) in [5.41, 5.74) is 5.32. The summed E-state index contributed by atoms with van der Waals surface area (Å²) >= 11 is 0. The number of nitrogens with two attached hydrogens (primary N) is 1. The van der Waals surface area contributed by atoms with Crippen molar-refractivity contribution in [3.63, 3.8) is 0 Å². The Kier molecular flexibility index (Phi) is 3.02. The molecule has 4 N–H and O–H groups in total. The largest absolute Gasteiger partial charge is 0.493 e. The van der Waals surface area contributed by atoms with E-state index in [1.54, 1.807) is 0 Å². The summed E-state index contributed by atoms with van der Waals surface area (Å²) in [5.74, 6) is 0.0529. The lowest BCUT2D eigenvalue weighted by atomic mass is 10.2. The van der Waals surface area contributed by atoms with Gasteiger partial charge in [0, 0.05) is 0 Å². The molecule has 0 spiro atoms. The van der Waals surface area contributed by atoms with Gasteiger partial charge in [-0.15, -0.1) is 0 Å². The molecular weight excluding hydrogens is 170 g/mol. The fraction of sp³-hybridized carbons (Fsp3) is 0.500. The van der Waals surface area contributed by atoms with Crippen LogP contribution in [0.1, 0.15) is 31.6 Å². The normalized spacial score (nSPS) is 12.8. The van der Waals surface area contributed by atoms with Crippen LogP contribution in [-0.2, 0) is 0 Å². The summed E-state index contributed by atoms with van der Waals surface area (Å²) in [7, 11) is 0. The zero-order valence-electron chi connectivity index (χ0n) is 7.45. The second-order valence-corrected chi connectivity index (χ2v) is 2.88. The molecule has 0 aromatic carbocycles. The van der Waals surface area contributed by atoms with Crippen molar-refractivity contribution in [2.24, 2.45) is 5.73 Å². The molecule has 0 radical (unpaired) electrons. The molecular formula is C8H13N3O2. The number of H-pyrrole nitrogens is 1. The van der Waals surface area contributed by atoms with E-state index in [0.29, 0.717) is 5.82 Å². The predicted octanol–water partition coefficient (Wildman–Crippen LogP) is 0.275. The Bertz CT molecular complexity index is 334. The number of aromatic hydroxyl groups is 1. The van der Waals surface area contributed by atoms with E-state index in [4.69, 9.17) is 10.8 Å². The van der Waals surface area contributed by atoms with E-state index in [2.05, 4.69) is 9.97 Å². The quantitative estimate of drug-likeness (QED) is 0.627. The molecule has 1 unspecified atom stereocenters. The highest BCUT2D eigenvalue weighted by Gasteiger charge is 2.08. The molecule has 13 heavy (non-hydrogen) atoms. The van der Waals surface area contributed by atoms with E-state index in [9.17, 15) is 4.79 Å². The molecule has 0 fully saturated rings. The van der Waals surface area contributed by atoms with E-state index >= 15 is 0 Å².